The highest BCUT2D eigenvalue weighted by molar-refractivity contribution is 5.71. The van der Waals surface area contributed by atoms with Gasteiger partial charge in [0.2, 0.25) is 0 Å². The van der Waals surface area contributed by atoms with E-state index in [9.17, 15) is 18.0 Å². The molecular weight excluding hydrogens is 261 g/mol. The number of hydrogen-bond donors (Lipinski definition) is 0. The third kappa shape index (κ3) is 6.61. The van der Waals surface area contributed by atoms with Crippen LogP contribution in [-0.2, 0) is 14.3 Å². The van der Waals surface area contributed by atoms with Crippen LogP contribution < -0.4 is 0 Å². The summed E-state index contributed by atoms with van der Waals surface area (Å²) in [6.45, 7) is -0.247. The van der Waals surface area contributed by atoms with E-state index in [0.29, 0.717) is 0 Å². The first-order chi connectivity index (χ1) is 8.92. The van der Waals surface area contributed by atoms with E-state index < -0.39 is 18.2 Å². The Bertz CT molecular complexity index is 307. The number of methoxy groups -OCH3 is 1. The Morgan fingerprint density at radius 3 is 2.47 bits per heavy atom. The molecule has 0 aromatic heterocycles. The first-order valence-electron chi connectivity index (χ1n) is 6.37. The molecule has 0 bridgehead atoms. The molecule has 1 aliphatic rings. The van der Waals surface area contributed by atoms with E-state index in [1.165, 1.54) is 7.11 Å². The summed E-state index contributed by atoms with van der Waals surface area (Å²) in [7, 11) is 1.34. The summed E-state index contributed by atoms with van der Waals surface area (Å²) in [5, 5.41) is 0. The SMILES string of the molecule is COCC(=O)OC(/C=C\C(F)(F)F)C1CCCCC1. The van der Waals surface area contributed by atoms with Gasteiger partial charge in [-0.05, 0) is 24.8 Å². The molecule has 1 fully saturated rings. The molecule has 0 aliphatic heterocycles. The third-order valence-corrected chi connectivity index (χ3v) is 3.12. The molecule has 0 amide bonds. The van der Waals surface area contributed by atoms with E-state index in [0.717, 1.165) is 38.2 Å². The molecule has 0 radical (unpaired) electrons. The number of hydrogen-bond acceptors (Lipinski definition) is 3. The fourth-order valence-electron chi connectivity index (χ4n) is 2.26. The smallest absolute Gasteiger partial charge is 0.409 e. The van der Waals surface area contributed by atoms with Gasteiger partial charge >= 0.3 is 12.1 Å². The predicted molar refractivity (Wildman–Crippen MR) is 63.5 cm³/mol. The summed E-state index contributed by atoms with van der Waals surface area (Å²) in [6.07, 6.45) is 0.463. The van der Waals surface area contributed by atoms with Gasteiger partial charge < -0.3 is 9.47 Å². The van der Waals surface area contributed by atoms with E-state index in [1.807, 2.05) is 0 Å². The molecule has 0 saturated heterocycles. The quantitative estimate of drug-likeness (QED) is 0.573. The van der Waals surface area contributed by atoms with Crippen LogP contribution in [0.2, 0.25) is 0 Å². The van der Waals surface area contributed by atoms with Crippen LogP contribution in [0.5, 0.6) is 0 Å². The largest absolute Gasteiger partial charge is 0.456 e. The van der Waals surface area contributed by atoms with Gasteiger partial charge in [0.25, 0.3) is 0 Å². The number of rotatable bonds is 5. The van der Waals surface area contributed by atoms with Gasteiger partial charge in [-0.2, -0.15) is 13.2 Å². The Labute approximate surface area is 110 Å². The maximum atomic E-state index is 12.2. The minimum absolute atomic E-state index is 0.0341. The van der Waals surface area contributed by atoms with Gasteiger partial charge in [0.05, 0.1) is 0 Å². The zero-order chi connectivity index (χ0) is 14.3. The van der Waals surface area contributed by atoms with Crippen LogP contribution in [0.25, 0.3) is 0 Å². The predicted octanol–water partition coefficient (Wildman–Crippen LogP) is 3.24. The number of carbonyl (C=O) groups excluding carboxylic acids is 1. The molecule has 0 spiro atoms. The Balaban J connectivity index is 2.66. The van der Waals surface area contributed by atoms with Crippen LogP contribution in [0.1, 0.15) is 32.1 Å². The van der Waals surface area contributed by atoms with Crippen molar-refractivity contribution in [3.63, 3.8) is 0 Å². The van der Waals surface area contributed by atoms with Crippen LogP contribution in [-0.4, -0.2) is 32.0 Å². The van der Waals surface area contributed by atoms with Gasteiger partial charge in [0.1, 0.15) is 12.7 Å². The second kappa shape index (κ2) is 7.53. The molecule has 0 N–H and O–H groups in total. The average Bonchev–Trinajstić information content (AvgIpc) is 2.35. The van der Waals surface area contributed by atoms with Crippen molar-refractivity contribution in [3.8, 4) is 0 Å². The molecule has 110 valence electrons. The van der Waals surface area contributed by atoms with Crippen molar-refractivity contribution >= 4 is 5.97 Å². The van der Waals surface area contributed by atoms with Crippen molar-refractivity contribution in [2.24, 2.45) is 5.92 Å². The molecule has 1 rings (SSSR count). The standard InChI is InChI=1S/C13H19F3O3/c1-18-9-12(17)19-11(7-8-13(14,15)16)10-5-3-2-4-6-10/h7-8,10-11H,2-6,9H2,1H3/b8-7-. The molecule has 6 heteroatoms. The molecular formula is C13H19F3O3. The van der Waals surface area contributed by atoms with Gasteiger partial charge in [0.15, 0.2) is 0 Å². The van der Waals surface area contributed by atoms with E-state index in [2.05, 4.69) is 4.74 Å². The van der Waals surface area contributed by atoms with Crippen molar-refractivity contribution in [2.75, 3.05) is 13.7 Å². The first kappa shape index (κ1) is 16.0. The number of ether oxygens (including phenoxy) is 2. The molecule has 0 heterocycles. The van der Waals surface area contributed by atoms with Crippen molar-refractivity contribution in [3.05, 3.63) is 12.2 Å². The highest BCUT2D eigenvalue weighted by Crippen LogP contribution is 2.29. The minimum atomic E-state index is -4.39. The van der Waals surface area contributed by atoms with Crippen molar-refractivity contribution in [1.82, 2.24) is 0 Å². The molecule has 1 saturated carbocycles. The van der Waals surface area contributed by atoms with Crippen LogP contribution in [0, 0.1) is 5.92 Å². The monoisotopic (exact) mass is 280 g/mol. The lowest BCUT2D eigenvalue weighted by molar-refractivity contribution is -0.154. The Morgan fingerprint density at radius 2 is 1.95 bits per heavy atom. The normalized spacial score (nSPS) is 19.6. The summed E-state index contributed by atoms with van der Waals surface area (Å²) in [4.78, 5) is 11.4. The van der Waals surface area contributed by atoms with E-state index >= 15 is 0 Å². The maximum Gasteiger partial charge on any atom is 0.409 e. The number of alkyl halides is 3. The van der Waals surface area contributed by atoms with E-state index in [4.69, 9.17) is 4.74 Å². The van der Waals surface area contributed by atoms with Crippen molar-refractivity contribution < 1.29 is 27.4 Å². The summed E-state index contributed by atoms with van der Waals surface area (Å²) >= 11 is 0. The zero-order valence-corrected chi connectivity index (χ0v) is 10.9. The molecule has 19 heavy (non-hydrogen) atoms. The van der Waals surface area contributed by atoms with Crippen LogP contribution in [0.4, 0.5) is 13.2 Å². The number of carbonyl (C=O) groups is 1. The van der Waals surface area contributed by atoms with Gasteiger partial charge in [-0.1, -0.05) is 19.3 Å². The Kier molecular flexibility index (Phi) is 6.34. The molecule has 0 aromatic carbocycles. The first-order valence-corrected chi connectivity index (χ1v) is 6.37. The topological polar surface area (TPSA) is 35.5 Å². The third-order valence-electron chi connectivity index (χ3n) is 3.12. The van der Waals surface area contributed by atoms with E-state index in [1.54, 1.807) is 0 Å². The summed E-state index contributed by atoms with van der Waals surface area (Å²) in [5.41, 5.74) is 0. The van der Waals surface area contributed by atoms with Crippen LogP contribution in [0.3, 0.4) is 0 Å². The lowest BCUT2D eigenvalue weighted by atomic mass is 9.85. The van der Waals surface area contributed by atoms with Gasteiger partial charge in [0, 0.05) is 13.2 Å². The number of allylic oxidation sites excluding steroid dienone is 1. The highest BCUT2D eigenvalue weighted by atomic mass is 19.4. The van der Waals surface area contributed by atoms with Crippen molar-refractivity contribution in [1.29, 1.82) is 0 Å². The lowest BCUT2D eigenvalue weighted by Crippen LogP contribution is -2.29. The van der Waals surface area contributed by atoms with E-state index in [-0.39, 0.29) is 18.6 Å². The fourth-order valence-corrected chi connectivity index (χ4v) is 2.26. The Morgan fingerprint density at radius 1 is 1.32 bits per heavy atom. The molecule has 1 atom stereocenters. The molecule has 3 nitrogen and oxygen atoms in total. The van der Waals surface area contributed by atoms with Gasteiger partial charge in [-0.15, -0.1) is 0 Å². The fraction of sp³-hybridized carbons (Fsp3) is 0.769. The van der Waals surface area contributed by atoms with Gasteiger partial charge in [-0.3, -0.25) is 0 Å². The maximum absolute atomic E-state index is 12.2. The molecule has 1 unspecified atom stereocenters. The second-order valence-corrected chi connectivity index (χ2v) is 4.69. The number of halogens is 3. The molecule has 1 aliphatic carbocycles. The van der Waals surface area contributed by atoms with Crippen molar-refractivity contribution in [2.45, 2.75) is 44.4 Å². The average molecular weight is 280 g/mol. The van der Waals surface area contributed by atoms with Gasteiger partial charge in [-0.25, -0.2) is 4.79 Å². The lowest BCUT2D eigenvalue weighted by Gasteiger charge is -2.28. The number of esters is 1. The summed E-state index contributed by atoms with van der Waals surface area (Å²) in [5.74, 6) is -0.668. The summed E-state index contributed by atoms with van der Waals surface area (Å²) in [6, 6.07) is 0. The highest BCUT2D eigenvalue weighted by Gasteiger charge is 2.28. The summed E-state index contributed by atoms with van der Waals surface area (Å²) < 4.78 is 46.3. The van der Waals surface area contributed by atoms with Crippen LogP contribution >= 0.6 is 0 Å². The minimum Gasteiger partial charge on any atom is -0.456 e. The second-order valence-electron chi connectivity index (χ2n) is 4.69. The Hall–Kier alpha value is -1.04. The molecule has 0 aromatic rings. The van der Waals surface area contributed by atoms with Crippen LogP contribution in [0.15, 0.2) is 12.2 Å². The zero-order valence-electron chi connectivity index (χ0n) is 10.9.